The van der Waals surface area contributed by atoms with Gasteiger partial charge in [0, 0.05) is 0 Å². The van der Waals surface area contributed by atoms with Gasteiger partial charge in [0.2, 0.25) is 0 Å². The Kier molecular flexibility index (Phi) is 2.72. The van der Waals surface area contributed by atoms with Gasteiger partial charge in [0.1, 0.15) is 18.2 Å². The van der Waals surface area contributed by atoms with Crippen LogP contribution in [0.15, 0.2) is 18.3 Å². The van der Waals surface area contributed by atoms with Crippen LogP contribution in [-0.2, 0) is 4.79 Å². The van der Waals surface area contributed by atoms with Crippen molar-refractivity contribution in [3.8, 4) is 5.75 Å². The van der Waals surface area contributed by atoms with Crippen molar-refractivity contribution in [3.63, 3.8) is 0 Å². The maximum absolute atomic E-state index is 12.6. The highest BCUT2D eigenvalue weighted by atomic mass is 19.3. The summed E-state index contributed by atoms with van der Waals surface area (Å²) in [5.74, 6) is -1.67. The molecule has 86 valence electrons. The number of carbonyl (C=O) groups excluding carboxylic acids is 1. The molecule has 2 rings (SSSR count). The summed E-state index contributed by atoms with van der Waals surface area (Å²) in [7, 11) is 0. The van der Waals surface area contributed by atoms with Crippen molar-refractivity contribution < 1.29 is 18.3 Å². The van der Waals surface area contributed by atoms with Gasteiger partial charge >= 0.3 is 0 Å². The van der Waals surface area contributed by atoms with Crippen molar-refractivity contribution in [2.45, 2.75) is 5.92 Å². The maximum atomic E-state index is 12.6. The summed E-state index contributed by atoms with van der Waals surface area (Å²) in [5, 5.41) is 0. The number of ether oxygens (including phenoxy) is 1. The summed E-state index contributed by atoms with van der Waals surface area (Å²) in [6.45, 7) is -0.633. The summed E-state index contributed by atoms with van der Waals surface area (Å²) in [6.07, 6.45) is 2.04. The number of aromatic nitrogens is 1. The van der Waals surface area contributed by atoms with Gasteiger partial charge in [0.15, 0.2) is 6.29 Å². The zero-order chi connectivity index (χ0) is 11.6. The van der Waals surface area contributed by atoms with Gasteiger partial charge in [-0.1, -0.05) is 0 Å². The van der Waals surface area contributed by atoms with Crippen molar-refractivity contribution >= 4 is 12.1 Å². The zero-order valence-corrected chi connectivity index (χ0v) is 8.40. The predicted octanol–water partition coefficient (Wildman–Crippen LogP) is 1.11. The normalized spacial score (nSPS) is 17.8. The van der Waals surface area contributed by atoms with E-state index in [2.05, 4.69) is 4.98 Å². The number of hydrogen-bond acceptors (Lipinski definition) is 4. The molecule has 0 atom stereocenters. The van der Waals surface area contributed by atoms with Crippen LogP contribution in [-0.4, -0.2) is 36.9 Å². The summed E-state index contributed by atoms with van der Waals surface area (Å²) < 4.78 is 30.2. The van der Waals surface area contributed by atoms with Gasteiger partial charge in [-0.3, -0.25) is 4.79 Å². The van der Waals surface area contributed by atoms with E-state index in [1.807, 2.05) is 0 Å². The Hall–Kier alpha value is -1.72. The number of nitrogens with zero attached hydrogens (tertiary/aromatic N) is 2. The van der Waals surface area contributed by atoms with Gasteiger partial charge in [-0.15, -0.1) is 0 Å². The zero-order valence-electron chi connectivity index (χ0n) is 8.40. The first kappa shape index (κ1) is 10.8. The van der Waals surface area contributed by atoms with Crippen LogP contribution in [0.2, 0.25) is 0 Å². The molecule has 1 aromatic heterocycles. The number of alkyl halides is 2. The standard InChI is InChI=1S/C10H10F2N2O2/c11-10(12)6-14(7-10)9-2-1-8(5-13-9)16-4-3-15/h1-3,5H,4,6-7H2. The van der Waals surface area contributed by atoms with E-state index in [1.54, 1.807) is 12.1 Å². The Morgan fingerprint density at radius 2 is 2.25 bits per heavy atom. The topological polar surface area (TPSA) is 42.4 Å². The lowest BCUT2D eigenvalue weighted by atomic mass is 10.1. The van der Waals surface area contributed by atoms with E-state index in [0.717, 1.165) is 0 Å². The molecule has 1 aliphatic heterocycles. The third-order valence-electron chi connectivity index (χ3n) is 2.21. The maximum Gasteiger partial charge on any atom is 0.282 e. The van der Waals surface area contributed by atoms with E-state index in [4.69, 9.17) is 4.74 Å². The molecule has 0 unspecified atom stereocenters. The quantitative estimate of drug-likeness (QED) is 0.724. The van der Waals surface area contributed by atoms with Crippen LogP contribution in [0.25, 0.3) is 0 Å². The number of pyridine rings is 1. The Balaban J connectivity index is 1.95. The molecule has 0 saturated carbocycles. The minimum absolute atomic E-state index is 0.0389. The second kappa shape index (κ2) is 4.03. The predicted molar refractivity (Wildman–Crippen MR) is 53.0 cm³/mol. The van der Waals surface area contributed by atoms with Crippen LogP contribution in [0.4, 0.5) is 14.6 Å². The molecule has 0 spiro atoms. The third-order valence-corrected chi connectivity index (χ3v) is 2.21. The Bertz CT molecular complexity index is 373. The van der Waals surface area contributed by atoms with Crippen LogP contribution in [0.1, 0.15) is 0 Å². The van der Waals surface area contributed by atoms with Crippen LogP contribution in [0.5, 0.6) is 5.75 Å². The number of anilines is 1. The van der Waals surface area contributed by atoms with Crippen molar-refractivity contribution in [1.29, 1.82) is 0 Å². The van der Waals surface area contributed by atoms with Crippen molar-refractivity contribution in [3.05, 3.63) is 18.3 Å². The van der Waals surface area contributed by atoms with Gasteiger partial charge in [0.25, 0.3) is 5.92 Å². The van der Waals surface area contributed by atoms with E-state index >= 15 is 0 Å². The summed E-state index contributed by atoms with van der Waals surface area (Å²) >= 11 is 0. The molecule has 0 radical (unpaired) electrons. The van der Waals surface area contributed by atoms with Gasteiger partial charge in [-0.05, 0) is 12.1 Å². The molecule has 16 heavy (non-hydrogen) atoms. The average molecular weight is 228 g/mol. The van der Waals surface area contributed by atoms with E-state index in [-0.39, 0.29) is 19.7 Å². The first-order valence-corrected chi connectivity index (χ1v) is 4.76. The minimum atomic E-state index is -2.60. The van der Waals surface area contributed by atoms with E-state index < -0.39 is 5.92 Å². The van der Waals surface area contributed by atoms with E-state index in [9.17, 15) is 13.6 Å². The van der Waals surface area contributed by atoms with E-state index in [1.165, 1.54) is 11.1 Å². The van der Waals surface area contributed by atoms with Crippen molar-refractivity contribution in [1.82, 2.24) is 4.98 Å². The monoisotopic (exact) mass is 228 g/mol. The molecular weight excluding hydrogens is 218 g/mol. The van der Waals surface area contributed by atoms with Crippen LogP contribution in [0.3, 0.4) is 0 Å². The molecule has 0 N–H and O–H groups in total. The fourth-order valence-corrected chi connectivity index (χ4v) is 1.45. The molecule has 1 aliphatic rings. The highest BCUT2D eigenvalue weighted by Crippen LogP contribution is 2.30. The smallest absolute Gasteiger partial charge is 0.282 e. The van der Waals surface area contributed by atoms with E-state index in [0.29, 0.717) is 17.9 Å². The summed E-state index contributed by atoms with van der Waals surface area (Å²) in [4.78, 5) is 15.5. The van der Waals surface area contributed by atoms with Crippen molar-refractivity contribution in [2.24, 2.45) is 0 Å². The van der Waals surface area contributed by atoms with Gasteiger partial charge < -0.3 is 9.64 Å². The van der Waals surface area contributed by atoms with Crippen LogP contribution < -0.4 is 9.64 Å². The molecule has 0 aliphatic carbocycles. The second-order valence-corrected chi connectivity index (χ2v) is 3.54. The Labute approximate surface area is 90.8 Å². The fourth-order valence-electron chi connectivity index (χ4n) is 1.45. The number of carbonyl (C=O) groups is 1. The van der Waals surface area contributed by atoms with Crippen LogP contribution >= 0.6 is 0 Å². The molecule has 4 nitrogen and oxygen atoms in total. The lowest BCUT2D eigenvalue weighted by molar-refractivity contribution is -0.109. The average Bonchev–Trinajstić information content (AvgIpc) is 2.24. The highest BCUT2D eigenvalue weighted by molar-refractivity contribution is 5.51. The van der Waals surface area contributed by atoms with Crippen LogP contribution in [0, 0.1) is 0 Å². The number of rotatable bonds is 4. The lowest BCUT2D eigenvalue weighted by Gasteiger charge is -2.39. The lowest BCUT2D eigenvalue weighted by Crippen LogP contribution is -2.56. The fraction of sp³-hybridized carbons (Fsp3) is 0.400. The molecule has 1 aromatic rings. The Morgan fingerprint density at radius 3 is 2.75 bits per heavy atom. The molecule has 0 amide bonds. The first-order chi connectivity index (χ1) is 7.61. The van der Waals surface area contributed by atoms with Crippen molar-refractivity contribution in [2.75, 3.05) is 24.6 Å². The summed E-state index contributed by atoms with van der Waals surface area (Å²) in [5.41, 5.74) is 0. The second-order valence-electron chi connectivity index (χ2n) is 3.54. The Morgan fingerprint density at radius 1 is 1.50 bits per heavy atom. The molecular formula is C10H10F2N2O2. The molecule has 2 heterocycles. The number of aldehydes is 1. The van der Waals surface area contributed by atoms with Gasteiger partial charge in [-0.25, -0.2) is 13.8 Å². The molecule has 0 bridgehead atoms. The third kappa shape index (κ3) is 2.26. The SMILES string of the molecule is O=CCOc1ccc(N2CC(F)(F)C2)nc1. The van der Waals surface area contributed by atoms with Gasteiger partial charge in [0.05, 0.1) is 19.3 Å². The molecule has 0 aromatic carbocycles. The number of halogens is 2. The molecule has 1 saturated heterocycles. The van der Waals surface area contributed by atoms with Gasteiger partial charge in [-0.2, -0.15) is 0 Å². The molecule has 1 fully saturated rings. The first-order valence-electron chi connectivity index (χ1n) is 4.76. The molecule has 6 heteroatoms. The largest absolute Gasteiger partial charge is 0.485 e. The minimum Gasteiger partial charge on any atom is -0.485 e. The number of hydrogen-bond donors (Lipinski definition) is 0. The highest BCUT2D eigenvalue weighted by Gasteiger charge is 2.44. The summed E-state index contributed by atoms with van der Waals surface area (Å²) in [6, 6.07) is 3.19.